The molecule has 2 atom stereocenters. The summed E-state index contributed by atoms with van der Waals surface area (Å²) in [7, 11) is 2.10. The first kappa shape index (κ1) is 27.9. The van der Waals surface area contributed by atoms with Gasteiger partial charge in [0.15, 0.2) is 0 Å². The summed E-state index contributed by atoms with van der Waals surface area (Å²) in [6.45, 7) is 10.1. The molecular formula is C19H30ClN4O5P. The van der Waals surface area contributed by atoms with Crippen LogP contribution in [0.2, 0.25) is 5.02 Å². The van der Waals surface area contributed by atoms with Crippen molar-refractivity contribution < 1.29 is 19.0 Å². The fraction of sp³-hybridized carbons (Fsp3) is 0.474. The third-order valence-electron chi connectivity index (χ3n) is 3.11. The third kappa shape index (κ3) is 10.6. The monoisotopic (exact) mass is 460 g/mol. The lowest BCUT2D eigenvalue weighted by Gasteiger charge is -2.20. The molecular weight excluding hydrogens is 431 g/mol. The molecule has 0 fully saturated rings. The summed E-state index contributed by atoms with van der Waals surface area (Å²) in [4.78, 5) is 25.1. The smallest absolute Gasteiger partial charge is 0.407 e. The quantitative estimate of drug-likeness (QED) is 0.382. The van der Waals surface area contributed by atoms with Gasteiger partial charge in [0.2, 0.25) is 0 Å². The Morgan fingerprint density at radius 3 is 2.50 bits per heavy atom. The minimum absolute atomic E-state index is 0.139. The topological polar surface area (TPSA) is 130 Å². The van der Waals surface area contributed by atoms with Gasteiger partial charge in [-0.1, -0.05) is 43.6 Å². The van der Waals surface area contributed by atoms with Gasteiger partial charge < -0.3 is 20.3 Å². The molecule has 11 heteroatoms. The minimum Gasteiger partial charge on any atom is -0.444 e. The molecule has 0 aliphatic rings. The van der Waals surface area contributed by atoms with E-state index in [0.29, 0.717) is 24.1 Å². The molecule has 1 heterocycles. The van der Waals surface area contributed by atoms with Crippen LogP contribution < -0.4 is 11.1 Å². The second-order valence-corrected chi connectivity index (χ2v) is 7.42. The van der Waals surface area contributed by atoms with Gasteiger partial charge >= 0.3 is 11.8 Å². The molecule has 0 aliphatic heterocycles. The number of hydrogen-bond donors (Lipinski definition) is 2. The first-order chi connectivity index (χ1) is 14.0. The summed E-state index contributed by atoms with van der Waals surface area (Å²) in [6.07, 6.45) is 0.710. The summed E-state index contributed by atoms with van der Waals surface area (Å²) in [5.41, 5.74) is 5.60. The molecule has 2 rings (SSSR count). The molecule has 2 unspecified atom stereocenters. The summed E-state index contributed by atoms with van der Waals surface area (Å²) >= 11 is 5.85. The van der Waals surface area contributed by atoms with Crippen LogP contribution in [0.4, 0.5) is 10.5 Å². The molecule has 3 N–H and O–H groups in total. The van der Waals surface area contributed by atoms with E-state index in [-0.39, 0.29) is 16.8 Å². The van der Waals surface area contributed by atoms with E-state index in [1.807, 2.05) is 13.8 Å². The van der Waals surface area contributed by atoms with Crippen LogP contribution in [-0.4, -0.2) is 40.8 Å². The van der Waals surface area contributed by atoms with Gasteiger partial charge in [0, 0.05) is 27.4 Å². The lowest BCUT2D eigenvalue weighted by atomic mass is 10.2. The van der Waals surface area contributed by atoms with Gasteiger partial charge in [-0.05, 0) is 26.8 Å². The zero-order valence-electron chi connectivity index (χ0n) is 17.8. The average molecular weight is 461 g/mol. The lowest BCUT2D eigenvalue weighted by molar-refractivity contribution is -0.384. The molecule has 0 saturated carbocycles. The van der Waals surface area contributed by atoms with Gasteiger partial charge in [0.1, 0.15) is 16.8 Å². The fourth-order valence-corrected chi connectivity index (χ4v) is 2.46. The zero-order chi connectivity index (χ0) is 23.3. The van der Waals surface area contributed by atoms with E-state index in [4.69, 9.17) is 26.6 Å². The Balaban J connectivity index is 0.000000518. The van der Waals surface area contributed by atoms with Crippen molar-refractivity contribution in [3.63, 3.8) is 0 Å². The van der Waals surface area contributed by atoms with E-state index in [1.165, 1.54) is 6.20 Å². The van der Waals surface area contributed by atoms with Crippen molar-refractivity contribution in [2.75, 3.05) is 13.2 Å². The van der Waals surface area contributed by atoms with Crippen molar-refractivity contribution in [1.29, 1.82) is 0 Å². The van der Waals surface area contributed by atoms with Crippen LogP contribution >= 0.6 is 21.1 Å². The molecule has 0 bridgehead atoms. The second-order valence-electron chi connectivity index (χ2n) is 6.71. The molecule has 0 aliphatic carbocycles. The van der Waals surface area contributed by atoms with Gasteiger partial charge in [0.05, 0.1) is 17.0 Å². The number of alkyl carbamates (subject to hydrolysis) is 1. The van der Waals surface area contributed by atoms with Crippen LogP contribution in [0.1, 0.15) is 34.6 Å². The predicted octanol–water partition coefficient (Wildman–Crippen LogP) is 4.47. The Hall–Kier alpha value is -2.06. The molecule has 1 aromatic heterocycles. The number of pyridine rings is 1. The van der Waals surface area contributed by atoms with Gasteiger partial charge in [-0.3, -0.25) is 10.1 Å². The minimum atomic E-state index is -0.540. The number of aromatic nitrogens is 1. The molecule has 1 aromatic carbocycles. The highest BCUT2D eigenvalue weighted by Gasteiger charge is 2.16. The van der Waals surface area contributed by atoms with E-state index in [1.54, 1.807) is 45.0 Å². The average Bonchev–Trinajstić information content (AvgIpc) is 2.68. The maximum atomic E-state index is 11.1. The van der Waals surface area contributed by atoms with Crippen molar-refractivity contribution in [2.24, 2.45) is 5.73 Å². The largest absolute Gasteiger partial charge is 0.444 e. The highest BCUT2D eigenvalue weighted by Crippen LogP contribution is 2.30. The van der Waals surface area contributed by atoms with E-state index in [0.717, 1.165) is 0 Å². The van der Waals surface area contributed by atoms with Crippen LogP contribution in [0.25, 0.3) is 10.9 Å². The number of carbonyl (C=O) groups is 1. The number of hydrogen-bond acceptors (Lipinski definition) is 7. The summed E-state index contributed by atoms with van der Waals surface area (Å²) in [6, 6.07) is 6.81. The van der Waals surface area contributed by atoms with Gasteiger partial charge in [-0.2, -0.15) is 0 Å². The standard InChI is InChI=1S/C9H5ClN2O2.C8H19N2O3P.C2H6/c10-9-6-3-1-2-4-7(6)11-5-8(9)12(13)14;1-8(2,3)13-7(11)10-4-6(9)5-12-14;1-2/h1-5H;6H,4-5,9,14H2,1-3H3,(H,10,11);1-2H3. The van der Waals surface area contributed by atoms with Crippen LogP contribution in [0.15, 0.2) is 30.5 Å². The van der Waals surface area contributed by atoms with Gasteiger partial charge in [-0.15, -0.1) is 0 Å². The number of nitrogens with one attached hydrogen (secondary N) is 1. The Kier molecular flexibility index (Phi) is 13.1. The molecule has 30 heavy (non-hydrogen) atoms. The molecule has 1 amide bonds. The lowest BCUT2D eigenvalue weighted by Crippen LogP contribution is -2.41. The molecule has 9 nitrogen and oxygen atoms in total. The Morgan fingerprint density at radius 2 is 1.97 bits per heavy atom. The van der Waals surface area contributed by atoms with Crippen molar-refractivity contribution in [1.82, 2.24) is 10.3 Å². The molecule has 2 aromatic rings. The number of benzene rings is 1. The SMILES string of the molecule is CC.CC(C)(C)OC(=O)NCC(N)COP.O=[N+]([O-])c1cnc2ccccc2c1Cl. The predicted molar refractivity (Wildman–Crippen MR) is 123 cm³/mol. The molecule has 168 valence electrons. The number of nitrogens with zero attached hydrogens (tertiary/aromatic N) is 2. The maximum Gasteiger partial charge on any atom is 0.407 e. The van der Waals surface area contributed by atoms with Crippen molar-refractivity contribution in [3.05, 3.63) is 45.6 Å². The first-order valence-electron chi connectivity index (χ1n) is 9.27. The van der Waals surface area contributed by atoms with Crippen LogP contribution in [0.5, 0.6) is 0 Å². The number of fused-ring (bicyclic) bond motifs is 1. The number of amides is 1. The summed E-state index contributed by atoms with van der Waals surface area (Å²) < 4.78 is 9.75. The normalized spacial score (nSPS) is 11.3. The van der Waals surface area contributed by atoms with E-state index in [9.17, 15) is 14.9 Å². The highest BCUT2D eigenvalue weighted by atomic mass is 35.5. The van der Waals surface area contributed by atoms with Crippen LogP contribution in [0.3, 0.4) is 0 Å². The Labute approximate surface area is 184 Å². The van der Waals surface area contributed by atoms with Gasteiger partial charge in [0.25, 0.3) is 0 Å². The summed E-state index contributed by atoms with van der Waals surface area (Å²) in [5, 5.41) is 13.8. The summed E-state index contributed by atoms with van der Waals surface area (Å²) in [5.74, 6) is 0. The Morgan fingerprint density at radius 1 is 1.37 bits per heavy atom. The Bertz CT molecular complexity index is 817. The second kappa shape index (κ2) is 14.0. The van der Waals surface area contributed by atoms with Crippen LogP contribution in [0, 0.1) is 10.1 Å². The molecule has 0 radical (unpaired) electrons. The number of halogens is 1. The molecule has 0 saturated heterocycles. The number of nitro groups is 1. The third-order valence-corrected chi connectivity index (χ3v) is 3.70. The fourth-order valence-electron chi connectivity index (χ4n) is 1.94. The number of nitrogens with two attached hydrogens (primary N) is 1. The van der Waals surface area contributed by atoms with Crippen molar-refractivity contribution >= 4 is 43.8 Å². The molecule has 0 spiro atoms. The number of rotatable bonds is 5. The van der Waals surface area contributed by atoms with E-state index >= 15 is 0 Å². The van der Waals surface area contributed by atoms with Crippen molar-refractivity contribution in [3.8, 4) is 0 Å². The zero-order valence-corrected chi connectivity index (χ0v) is 19.8. The van der Waals surface area contributed by atoms with Gasteiger partial charge in [-0.25, -0.2) is 9.78 Å². The number of carbonyl (C=O) groups excluding carboxylic acids is 1. The number of para-hydroxylation sites is 1. The first-order valence-corrected chi connectivity index (χ1v) is 10.1. The maximum absolute atomic E-state index is 11.1. The van der Waals surface area contributed by atoms with E-state index in [2.05, 4.69) is 19.8 Å². The number of ether oxygens (including phenoxy) is 1. The van der Waals surface area contributed by atoms with Crippen LogP contribution in [-0.2, 0) is 9.26 Å². The van der Waals surface area contributed by atoms with E-state index < -0.39 is 16.6 Å². The van der Waals surface area contributed by atoms with Crippen molar-refractivity contribution in [2.45, 2.75) is 46.3 Å². The highest BCUT2D eigenvalue weighted by molar-refractivity contribution is 7.09.